The highest BCUT2D eigenvalue weighted by Crippen LogP contribution is 2.53. The Kier molecular flexibility index (Phi) is 2.33. The van der Waals surface area contributed by atoms with E-state index >= 15 is 0 Å². The van der Waals surface area contributed by atoms with Crippen molar-refractivity contribution in [3.8, 4) is 0 Å². The summed E-state index contributed by atoms with van der Waals surface area (Å²) >= 11 is 0. The van der Waals surface area contributed by atoms with E-state index in [1.807, 2.05) is 0 Å². The maximum Gasteiger partial charge on any atom is 0.334 e. The molecule has 4 atom stereocenters. The van der Waals surface area contributed by atoms with E-state index in [2.05, 4.69) is 26.2 Å². The smallest absolute Gasteiger partial charge is 0.334 e. The van der Waals surface area contributed by atoms with Crippen molar-refractivity contribution >= 4 is 5.97 Å². The van der Waals surface area contributed by atoms with Crippen molar-refractivity contribution in [1.29, 1.82) is 0 Å². The van der Waals surface area contributed by atoms with Gasteiger partial charge in [0.25, 0.3) is 0 Å². The van der Waals surface area contributed by atoms with Crippen LogP contribution in [0.15, 0.2) is 36.0 Å². The molecule has 1 aliphatic heterocycles. The van der Waals surface area contributed by atoms with E-state index in [-0.39, 0.29) is 29.5 Å². The van der Waals surface area contributed by atoms with Gasteiger partial charge < -0.3 is 9.84 Å². The molecule has 4 unspecified atom stereocenters. The van der Waals surface area contributed by atoms with Gasteiger partial charge in [-0.2, -0.15) is 0 Å². The molecule has 0 amide bonds. The van der Waals surface area contributed by atoms with E-state index < -0.39 is 0 Å². The van der Waals surface area contributed by atoms with E-state index in [1.54, 1.807) is 0 Å². The molecule has 96 valence electrons. The first kappa shape index (κ1) is 11.7. The quantitative estimate of drug-likeness (QED) is 0.526. The van der Waals surface area contributed by atoms with Crippen LogP contribution in [0.2, 0.25) is 0 Å². The number of allylic oxidation sites excluding steroid dienone is 1. The van der Waals surface area contributed by atoms with Gasteiger partial charge in [-0.25, -0.2) is 4.79 Å². The summed E-state index contributed by atoms with van der Waals surface area (Å²) in [5, 5.41) is 9.91. The first-order valence-corrected chi connectivity index (χ1v) is 6.39. The van der Waals surface area contributed by atoms with Crippen LogP contribution >= 0.6 is 0 Å². The fraction of sp³-hybridized carbons (Fsp3) is 0.533. The Hall–Kier alpha value is -1.35. The Balaban J connectivity index is 2.03. The Morgan fingerprint density at radius 1 is 1.44 bits per heavy atom. The predicted molar refractivity (Wildman–Crippen MR) is 67.7 cm³/mol. The monoisotopic (exact) mass is 246 g/mol. The number of carbonyl (C=O) groups excluding carboxylic acids is 1. The molecule has 1 saturated carbocycles. The van der Waals surface area contributed by atoms with Crippen LogP contribution in [0.4, 0.5) is 0 Å². The average Bonchev–Trinajstić information content (AvgIpc) is 2.50. The zero-order valence-electron chi connectivity index (χ0n) is 10.6. The van der Waals surface area contributed by atoms with Crippen molar-refractivity contribution in [3.63, 3.8) is 0 Å². The second-order valence-electron chi connectivity index (χ2n) is 6.01. The molecule has 0 aromatic heterocycles. The lowest BCUT2D eigenvalue weighted by Crippen LogP contribution is -2.40. The Morgan fingerprint density at radius 2 is 2.17 bits per heavy atom. The molecule has 0 spiro atoms. The first-order valence-electron chi connectivity index (χ1n) is 6.39. The minimum atomic E-state index is -0.337. The lowest BCUT2D eigenvalue weighted by molar-refractivity contribution is -0.140. The molecule has 3 heteroatoms. The lowest BCUT2D eigenvalue weighted by atomic mass is 9.61. The van der Waals surface area contributed by atoms with Gasteiger partial charge in [0, 0.05) is 11.5 Å². The Bertz CT molecular complexity index is 488. The third-order valence-electron chi connectivity index (χ3n) is 4.52. The number of aliphatic hydroxyl groups excluding tert-OH is 1. The van der Waals surface area contributed by atoms with Gasteiger partial charge in [-0.1, -0.05) is 26.2 Å². The van der Waals surface area contributed by atoms with Gasteiger partial charge in [0.15, 0.2) is 0 Å². The molecule has 0 bridgehead atoms. The molecule has 18 heavy (non-hydrogen) atoms. The topological polar surface area (TPSA) is 46.5 Å². The van der Waals surface area contributed by atoms with Crippen molar-refractivity contribution in [2.75, 3.05) is 0 Å². The fourth-order valence-electron chi connectivity index (χ4n) is 3.68. The fourth-order valence-corrected chi connectivity index (χ4v) is 3.68. The summed E-state index contributed by atoms with van der Waals surface area (Å²) in [6, 6.07) is 0. The number of hydrogen-bond donors (Lipinski definition) is 1. The van der Waals surface area contributed by atoms with Crippen LogP contribution in [0.3, 0.4) is 0 Å². The number of ether oxygens (including phenoxy) is 1. The summed E-state index contributed by atoms with van der Waals surface area (Å²) in [5.41, 5.74) is 2.60. The summed E-state index contributed by atoms with van der Waals surface area (Å²) in [6.45, 7) is 10.0. The Labute approximate surface area is 107 Å². The van der Waals surface area contributed by atoms with E-state index in [1.165, 1.54) is 5.57 Å². The van der Waals surface area contributed by atoms with Gasteiger partial charge in [-0.3, -0.25) is 0 Å². The van der Waals surface area contributed by atoms with Crippen molar-refractivity contribution in [2.24, 2.45) is 11.3 Å². The molecule has 3 aliphatic rings. The minimum Gasteiger partial charge on any atom is -0.458 e. The van der Waals surface area contributed by atoms with Gasteiger partial charge >= 0.3 is 5.97 Å². The van der Waals surface area contributed by atoms with Crippen LogP contribution in [0.1, 0.15) is 26.2 Å². The van der Waals surface area contributed by atoms with Crippen LogP contribution < -0.4 is 0 Å². The molecule has 0 radical (unpaired) electrons. The predicted octanol–water partition coefficient (Wildman–Crippen LogP) is 2.13. The lowest BCUT2D eigenvalue weighted by Gasteiger charge is -2.45. The summed E-state index contributed by atoms with van der Waals surface area (Å²) < 4.78 is 5.37. The van der Waals surface area contributed by atoms with Crippen molar-refractivity contribution in [3.05, 3.63) is 36.0 Å². The molecule has 3 nitrogen and oxygen atoms in total. The molecular formula is C15H18O3. The van der Waals surface area contributed by atoms with E-state index in [0.29, 0.717) is 18.4 Å². The average molecular weight is 246 g/mol. The SMILES string of the molecule is C=C1CC(O)CC2(C)CC3OC(=O)C(=C)C3C=C12. The van der Waals surface area contributed by atoms with Gasteiger partial charge in [-0.05, 0) is 35.8 Å². The first-order chi connectivity index (χ1) is 8.40. The van der Waals surface area contributed by atoms with E-state index in [9.17, 15) is 9.90 Å². The highest BCUT2D eigenvalue weighted by Gasteiger charge is 2.49. The van der Waals surface area contributed by atoms with Gasteiger partial charge in [0.05, 0.1) is 6.10 Å². The molecule has 1 N–H and O–H groups in total. The second kappa shape index (κ2) is 3.58. The summed E-state index contributed by atoms with van der Waals surface area (Å²) in [6.07, 6.45) is 3.74. The van der Waals surface area contributed by atoms with Crippen LogP contribution in [-0.2, 0) is 9.53 Å². The molecule has 1 heterocycles. The third-order valence-corrected chi connectivity index (χ3v) is 4.52. The summed E-state index contributed by atoms with van der Waals surface area (Å²) in [7, 11) is 0. The van der Waals surface area contributed by atoms with E-state index in [0.717, 1.165) is 12.0 Å². The molecule has 0 aromatic rings. The van der Waals surface area contributed by atoms with Crippen LogP contribution in [-0.4, -0.2) is 23.3 Å². The summed E-state index contributed by atoms with van der Waals surface area (Å²) in [5.74, 6) is -0.289. The third kappa shape index (κ3) is 1.50. The number of carbonyl (C=O) groups is 1. The maximum atomic E-state index is 11.6. The van der Waals surface area contributed by atoms with Gasteiger partial charge in [0.2, 0.25) is 0 Å². The minimum absolute atomic E-state index is 0.00688. The zero-order valence-corrected chi connectivity index (χ0v) is 10.6. The van der Waals surface area contributed by atoms with Crippen molar-refractivity contribution < 1.29 is 14.6 Å². The number of aliphatic hydroxyl groups is 1. The number of hydrogen-bond acceptors (Lipinski definition) is 3. The van der Waals surface area contributed by atoms with Crippen molar-refractivity contribution in [2.45, 2.75) is 38.4 Å². The second-order valence-corrected chi connectivity index (χ2v) is 6.01. The highest BCUT2D eigenvalue weighted by atomic mass is 16.6. The van der Waals surface area contributed by atoms with Gasteiger partial charge in [0.1, 0.15) is 6.10 Å². The van der Waals surface area contributed by atoms with Crippen LogP contribution in [0, 0.1) is 11.3 Å². The maximum absolute atomic E-state index is 11.6. The molecule has 2 fully saturated rings. The van der Waals surface area contributed by atoms with Crippen LogP contribution in [0.5, 0.6) is 0 Å². The van der Waals surface area contributed by atoms with Crippen molar-refractivity contribution in [1.82, 2.24) is 0 Å². The molecular weight excluding hydrogens is 228 g/mol. The number of rotatable bonds is 0. The highest BCUT2D eigenvalue weighted by molar-refractivity contribution is 5.91. The Morgan fingerprint density at radius 3 is 2.89 bits per heavy atom. The number of fused-ring (bicyclic) bond motifs is 2. The van der Waals surface area contributed by atoms with E-state index in [4.69, 9.17) is 4.74 Å². The molecule has 1 saturated heterocycles. The molecule has 3 rings (SSSR count). The largest absolute Gasteiger partial charge is 0.458 e. The normalized spacial score (nSPS) is 43.1. The van der Waals surface area contributed by atoms with Crippen LogP contribution in [0.25, 0.3) is 0 Å². The molecule has 0 aromatic carbocycles. The standard InChI is InChI=1S/C15H18O3/c1-8-4-10(16)6-15(3)7-13-11(5-12(8)15)9(2)14(17)18-13/h5,10-11,13,16H,1-2,4,6-7H2,3H3. The zero-order chi connectivity index (χ0) is 13.1. The molecule has 2 aliphatic carbocycles. The number of esters is 1. The summed E-state index contributed by atoms with van der Waals surface area (Å²) in [4.78, 5) is 11.6. The van der Waals surface area contributed by atoms with Gasteiger partial charge in [-0.15, -0.1) is 0 Å².